The normalized spacial score (nSPS) is 11.2. The van der Waals surface area contributed by atoms with Crippen molar-refractivity contribution in [3.8, 4) is 11.4 Å². The molecule has 3 aromatic carbocycles. The summed E-state index contributed by atoms with van der Waals surface area (Å²) in [5.41, 5.74) is 2.25. The maximum Gasteiger partial charge on any atom is 0.261 e. The number of benzene rings is 3. The summed E-state index contributed by atoms with van der Waals surface area (Å²) in [6.45, 7) is 3.50. The molecule has 0 saturated carbocycles. The van der Waals surface area contributed by atoms with Crippen LogP contribution in [0, 0.1) is 19.7 Å². The number of nitrogens with one attached hydrogen (secondary N) is 3. The average molecular weight is 466 g/mol. The Hall–Kier alpha value is -4.05. The zero-order valence-electron chi connectivity index (χ0n) is 17.8. The number of amides is 1. The Morgan fingerprint density at radius 2 is 1.73 bits per heavy atom. The van der Waals surface area contributed by atoms with Gasteiger partial charge in [0.15, 0.2) is 5.82 Å². The number of aryl methyl sites for hydroxylation is 2. The van der Waals surface area contributed by atoms with Crippen LogP contribution in [0.25, 0.3) is 11.4 Å². The van der Waals surface area contributed by atoms with Crippen LogP contribution in [0.1, 0.15) is 21.7 Å². The van der Waals surface area contributed by atoms with Crippen molar-refractivity contribution in [2.75, 3.05) is 10.0 Å². The van der Waals surface area contributed by atoms with E-state index in [0.717, 1.165) is 12.1 Å². The second-order valence-electron chi connectivity index (χ2n) is 7.37. The molecule has 1 amide bonds. The lowest BCUT2D eigenvalue weighted by Gasteiger charge is -2.12. The maximum absolute atomic E-state index is 13.1. The van der Waals surface area contributed by atoms with E-state index in [2.05, 4.69) is 25.2 Å². The van der Waals surface area contributed by atoms with Gasteiger partial charge in [0.2, 0.25) is 0 Å². The SMILES string of the molecule is Cc1nc(-c2cccc(NC(=O)c3cc(S(=O)(=O)Nc4ccc(F)cc4)ccc3C)c2)n[nH]1. The molecule has 10 heteroatoms. The highest BCUT2D eigenvalue weighted by Gasteiger charge is 2.19. The molecule has 3 N–H and O–H groups in total. The van der Waals surface area contributed by atoms with Crippen molar-refractivity contribution in [2.45, 2.75) is 18.7 Å². The van der Waals surface area contributed by atoms with E-state index in [0.29, 0.717) is 28.5 Å². The molecule has 1 aromatic heterocycles. The maximum atomic E-state index is 13.1. The molecular formula is C23H20FN5O3S. The zero-order valence-corrected chi connectivity index (χ0v) is 18.6. The van der Waals surface area contributed by atoms with E-state index in [1.807, 2.05) is 6.07 Å². The Morgan fingerprint density at radius 1 is 0.970 bits per heavy atom. The van der Waals surface area contributed by atoms with E-state index >= 15 is 0 Å². The van der Waals surface area contributed by atoms with Gasteiger partial charge in [0.25, 0.3) is 15.9 Å². The van der Waals surface area contributed by atoms with Gasteiger partial charge in [-0.3, -0.25) is 14.6 Å². The lowest BCUT2D eigenvalue weighted by atomic mass is 10.1. The molecule has 1 heterocycles. The van der Waals surface area contributed by atoms with Crippen molar-refractivity contribution in [1.29, 1.82) is 0 Å². The second kappa shape index (κ2) is 8.83. The van der Waals surface area contributed by atoms with Crippen LogP contribution in [0.15, 0.2) is 71.6 Å². The van der Waals surface area contributed by atoms with Gasteiger partial charge in [0, 0.05) is 22.5 Å². The quantitative estimate of drug-likeness (QED) is 0.393. The number of carbonyl (C=O) groups is 1. The van der Waals surface area contributed by atoms with Gasteiger partial charge in [-0.05, 0) is 67.9 Å². The number of carbonyl (C=O) groups excluding carboxylic acids is 1. The summed E-state index contributed by atoms with van der Waals surface area (Å²) < 4.78 is 41.0. The summed E-state index contributed by atoms with van der Waals surface area (Å²) in [4.78, 5) is 17.1. The third-order valence-corrected chi connectivity index (χ3v) is 6.22. The third-order valence-electron chi connectivity index (χ3n) is 4.84. The van der Waals surface area contributed by atoms with Crippen LogP contribution in [0.4, 0.5) is 15.8 Å². The van der Waals surface area contributed by atoms with E-state index in [9.17, 15) is 17.6 Å². The monoisotopic (exact) mass is 465 g/mol. The van der Waals surface area contributed by atoms with Crippen molar-refractivity contribution in [3.63, 3.8) is 0 Å². The Morgan fingerprint density at radius 3 is 2.42 bits per heavy atom. The molecule has 0 saturated heterocycles. The van der Waals surface area contributed by atoms with Crippen molar-refractivity contribution in [1.82, 2.24) is 15.2 Å². The van der Waals surface area contributed by atoms with Crippen LogP contribution >= 0.6 is 0 Å². The molecule has 33 heavy (non-hydrogen) atoms. The van der Waals surface area contributed by atoms with Crippen LogP contribution in [0.3, 0.4) is 0 Å². The number of sulfonamides is 1. The number of hydrogen-bond donors (Lipinski definition) is 3. The van der Waals surface area contributed by atoms with E-state index < -0.39 is 21.7 Å². The smallest absolute Gasteiger partial charge is 0.261 e. The number of aromatic amines is 1. The zero-order chi connectivity index (χ0) is 23.6. The van der Waals surface area contributed by atoms with Gasteiger partial charge in [-0.15, -0.1) is 0 Å². The Labute approximate surface area is 190 Å². The van der Waals surface area contributed by atoms with Gasteiger partial charge in [-0.25, -0.2) is 17.8 Å². The van der Waals surface area contributed by atoms with Gasteiger partial charge in [0.05, 0.1) is 4.90 Å². The molecule has 4 aromatic rings. The van der Waals surface area contributed by atoms with Crippen molar-refractivity contribution in [2.24, 2.45) is 0 Å². The summed E-state index contributed by atoms with van der Waals surface area (Å²) in [5, 5.41) is 9.67. The van der Waals surface area contributed by atoms with E-state index in [1.54, 1.807) is 38.1 Å². The Balaban J connectivity index is 1.57. The van der Waals surface area contributed by atoms with Gasteiger partial charge in [0.1, 0.15) is 11.6 Å². The second-order valence-corrected chi connectivity index (χ2v) is 9.05. The largest absolute Gasteiger partial charge is 0.322 e. The fourth-order valence-corrected chi connectivity index (χ4v) is 4.24. The van der Waals surface area contributed by atoms with Crippen LogP contribution in [0.5, 0.6) is 0 Å². The number of aromatic nitrogens is 3. The van der Waals surface area contributed by atoms with Crippen molar-refractivity contribution in [3.05, 3.63) is 89.5 Å². The van der Waals surface area contributed by atoms with Crippen LogP contribution < -0.4 is 10.0 Å². The minimum absolute atomic E-state index is 0.0903. The minimum Gasteiger partial charge on any atom is -0.322 e. The molecule has 8 nitrogen and oxygen atoms in total. The molecule has 0 aliphatic carbocycles. The van der Waals surface area contributed by atoms with Crippen LogP contribution in [-0.4, -0.2) is 29.5 Å². The number of H-pyrrole nitrogens is 1. The number of rotatable bonds is 6. The number of hydrogen-bond acceptors (Lipinski definition) is 5. The summed E-state index contributed by atoms with van der Waals surface area (Å²) in [5.74, 6) is 0.228. The van der Waals surface area contributed by atoms with Gasteiger partial charge < -0.3 is 5.32 Å². The summed E-state index contributed by atoms with van der Waals surface area (Å²) in [7, 11) is -3.98. The highest BCUT2D eigenvalue weighted by molar-refractivity contribution is 7.92. The van der Waals surface area contributed by atoms with E-state index in [-0.39, 0.29) is 16.1 Å². The Kier molecular flexibility index (Phi) is 5.93. The molecule has 0 radical (unpaired) electrons. The topological polar surface area (TPSA) is 117 Å². The Bertz CT molecular complexity index is 1430. The lowest BCUT2D eigenvalue weighted by molar-refractivity contribution is 0.102. The summed E-state index contributed by atoms with van der Waals surface area (Å²) in [6, 6.07) is 16.2. The first kappa shape index (κ1) is 22.2. The molecule has 0 atom stereocenters. The van der Waals surface area contributed by atoms with Gasteiger partial charge in [-0.2, -0.15) is 5.10 Å². The predicted molar refractivity (Wildman–Crippen MR) is 123 cm³/mol. The summed E-state index contributed by atoms with van der Waals surface area (Å²) >= 11 is 0. The highest BCUT2D eigenvalue weighted by Crippen LogP contribution is 2.23. The lowest BCUT2D eigenvalue weighted by Crippen LogP contribution is -2.17. The molecular weight excluding hydrogens is 445 g/mol. The fraction of sp³-hybridized carbons (Fsp3) is 0.0870. The van der Waals surface area contributed by atoms with Gasteiger partial charge >= 0.3 is 0 Å². The predicted octanol–water partition coefficient (Wildman–Crippen LogP) is 4.28. The first-order chi connectivity index (χ1) is 15.7. The fourth-order valence-electron chi connectivity index (χ4n) is 3.15. The third kappa shape index (κ3) is 5.07. The van der Waals surface area contributed by atoms with Crippen LogP contribution in [0.2, 0.25) is 0 Å². The molecule has 0 aliphatic heterocycles. The molecule has 0 fully saturated rings. The van der Waals surface area contributed by atoms with Gasteiger partial charge in [-0.1, -0.05) is 18.2 Å². The molecule has 168 valence electrons. The highest BCUT2D eigenvalue weighted by atomic mass is 32.2. The first-order valence-corrected chi connectivity index (χ1v) is 11.4. The standard InChI is InChI=1S/C23H20FN5O3S/c1-14-6-11-20(33(31,32)29-18-9-7-17(24)8-10-18)13-21(14)23(30)26-19-5-3-4-16(12-19)22-25-15(2)27-28-22/h3-13,29H,1-2H3,(H,26,30)(H,25,27,28). The van der Waals surface area contributed by atoms with Crippen LogP contribution in [-0.2, 0) is 10.0 Å². The molecule has 0 aliphatic rings. The average Bonchev–Trinajstić information content (AvgIpc) is 3.22. The first-order valence-electron chi connectivity index (χ1n) is 9.91. The van der Waals surface area contributed by atoms with Crippen molar-refractivity contribution < 1.29 is 17.6 Å². The molecule has 0 spiro atoms. The molecule has 4 rings (SSSR count). The minimum atomic E-state index is -3.98. The summed E-state index contributed by atoms with van der Waals surface area (Å²) in [6.07, 6.45) is 0. The number of nitrogens with zero attached hydrogens (tertiary/aromatic N) is 2. The molecule has 0 bridgehead atoms. The number of halogens is 1. The van der Waals surface area contributed by atoms with E-state index in [4.69, 9.17) is 0 Å². The molecule has 0 unspecified atom stereocenters. The van der Waals surface area contributed by atoms with E-state index in [1.165, 1.54) is 24.3 Å². The number of anilines is 2. The van der Waals surface area contributed by atoms with Crippen molar-refractivity contribution >= 4 is 27.3 Å².